The SMILES string of the molecule is COc1cc2c(Oc3ccc(NC(=O)c4ccccc4)cc3)ccnc2cc1OCC[C@@H](N)C(=O)O. The van der Waals surface area contributed by atoms with Gasteiger partial charge in [0.1, 0.15) is 17.5 Å². The third kappa shape index (κ3) is 5.89. The Bertz CT molecular complexity index is 1360. The lowest BCUT2D eigenvalue weighted by molar-refractivity contribution is -0.138. The summed E-state index contributed by atoms with van der Waals surface area (Å²) in [5.41, 5.74) is 7.36. The van der Waals surface area contributed by atoms with Gasteiger partial charge in [-0.25, -0.2) is 0 Å². The van der Waals surface area contributed by atoms with Crippen LogP contribution in [-0.2, 0) is 4.79 Å². The fourth-order valence-corrected chi connectivity index (χ4v) is 3.44. The molecule has 0 spiro atoms. The molecule has 4 rings (SSSR count). The fraction of sp³-hybridized carbons (Fsp3) is 0.148. The van der Waals surface area contributed by atoms with Gasteiger partial charge in [-0.2, -0.15) is 0 Å². The fourth-order valence-electron chi connectivity index (χ4n) is 3.44. The lowest BCUT2D eigenvalue weighted by atomic mass is 10.1. The van der Waals surface area contributed by atoms with Gasteiger partial charge in [-0.15, -0.1) is 0 Å². The van der Waals surface area contributed by atoms with Gasteiger partial charge in [-0.1, -0.05) is 18.2 Å². The number of carboxylic acids is 1. The largest absolute Gasteiger partial charge is 0.493 e. The van der Waals surface area contributed by atoms with Crippen LogP contribution in [0.3, 0.4) is 0 Å². The van der Waals surface area contributed by atoms with Crippen molar-refractivity contribution in [1.82, 2.24) is 4.98 Å². The minimum Gasteiger partial charge on any atom is -0.493 e. The molecule has 9 heteroatoms. The molecule has 0 aliphatic heterocycles. The Morgan fingerprint density at radius 1 is 1.00 bits per heavy atom. The van der Waals surface area contributed by atoms with E-state index in [9.17, 15) is 9.59 Å². The highest BCUT2D eigenvalue weighted by Gasteiger charge is 2.15. The molecule has 0 fully saturated rings. The van der Waals surface area contributed by atoms with E-state index in [0.717, 1.165) is 0 Å². The van der Waals surface area contributed by atoms with Crippen molar-refractivity contribution in [1.29, 1.82) is 0 Å². The number of anilines is 1. The van der Waals surface area contributed by atoms with Crippen LogP contribution in [0, 0.1) is 0 Å². The first kappa shape index (κ1) is 24.5. The maximum atomic E-state index is 12.3. The van der Waals surface area contributed by atoms with Gasteiger partial charge in [-0.3, -0.25) is 14.6 Å². The molecule has 184 valence electrons. The summed E-state index contributed by atoms with van der Waals surface area (Å²) in [5.74, 6) is 0.716. The maximum absolute atomic E-state index is 12.3. The highest BCUT2D eigenvalue weighted by molar-refractivity contribution is 6.04. The molecule has 1 amide bonds. The van der Waals surface area contributed by atoms with Crippen molar-refractivity contribution in [2.75, 3.05) is 19.0 Å². The van der Waals surface area contributed by atoms with Crippen LogP contribution >= 0.6 is 0 Å². The Morgan fingerprint density at radius 3 is 2.44 bits per heavy atom. The summed E-state index contributed by atoms with van der Waals surface area (Å²) >= 11 is 0. The van der Waals surface area contributed by atoms with E-state index in [1.165, 1.54) is 7.11 Å². The number of amides is 1. The standard InChI is InChI=1S/C27H25N3O6/c1-34-24-15-20-22(16-25(24)35-14-12-21(28)27(32)33)29-13-11-23(20)36-19-9-7-18(8-10-19)30-26(31)17-5-3-2-4-6-17/h2-11,13,15-16,21H,12,14,28H2,1H3,(H,30,31)(H,32,33)/t21-/m1/s1. The number of carboxylic acid groups (broad SMARTS) is 1. The summed E-state index contributed by atoms with van der Waals surface area (Å²) in [7, 11) is 1.51. The summed E-state index contributed by atoms with van der Waals surface area (Å²) in [6, 6.07) is 20.2. The zero-order chi connectivity index (χ0) is 25.5. The van der Waals surface area contributed by atoms with Crippen molar-refractivity contribution in [3.63, 3.8) is 0 Å². The number of ether oxygens (including phenoxy) is 3. The van der Waals surface area contributed by atoms with Gasteiger partial charge in [0.05, 0.1) is 19.2 Å². The van der Waals surface area contributed by atoms with Crippen LogP contribution in [0.15, 0.2) is 79.0 Å². The van der Waals surface area contributed by atoms with Crippen molar-refractivity contribution in [3.8, 4) is 23.0 Å². The van der Waals surface area contributed by atoms with Crippen LogP contribution in [0.25, 0.3) is 10.9 Å². The molecule has 0 saturated carbocycles. The number of hydrogen-bond acceptors (Lipinski definition) is 7. The number of benzene rings is 3. The predicted molar refractivity (Wildman–Crippen MR) is 135 cm³/mol. The number of nitrogens with one attached hydrogen (secondary N) is 1. The number of fused-ring (bicyclic) bond motifs is 1. The Kier molecular flexibility index (Phi) is 7.62. The van der Waals surface area contributed by atoms with E-state index in [-0.39, 0.29) is 18.9 Å². The maximum Gasteiger partial charge on any atom is 0.320 e. The van der Waals surface area contributed by atoms with Crippen LogP contribution in [0.4, 0.5) is 5.69 Å². The summed E-state index contributed by atoms with van der Waals surface area (Å²) in [4.78, 5) is 27.6. The Balaban J connectivity index is 1.48. The van der Waals surface area contributed by atoms with Crippen molar-refractivity contribution in [2.24, 2.45) is 5.73 Å². The number of rotatable bonds is 10. The molecule has 0 aliphatic carbocycles. The minimum atomic E-state index is -1.08. The average molecular weight is 488 g/mol. The molecule has 4 N–H and O–H groups in total. The molecule has 0 bridgehead atoms. The van der Waals surface area contributed by atoms with Crippen molar-refractivity contribution in [2.45, 2.75) is 12.5 Å². The van der Waals surface area contributed by atoms with E-state index >= 15 is 0 Å². The zero-order valence-electron chi connectivity index (χ0n) is 19.5. The zero-order valence-corrected chi connectivity index (χ0v) is 19.5. The number of aliphatic carboxylic acids is 1. The average Bonchev–Trinajstić information content (AvgIpc) is 2.90. The molecule has 0 radical (unpaired) electrons. The first-order chi connectivity index (χ1) is 17.4. The van der Waals surface area contributed by atoms with E-state index in [0.29, 0.717) is 45.2 Å². The van der Waals surface area contributed by atoms with E-state index in [1.54, 1.807) is 60.8 Å². The number of carbonyl (C=O) groups excluding carboxylic acids is 1. The van der Waals surface area contributed by atoms with Crippen LogP contribution in [0.2, 0.25) is 0 Å². The second-order valence-corrected chi connectivity index (χ2v) is 7.86. The molecule has 0 saturated heterocycles. The number of carbonyl (C=O) groups is 2. The number of hydrogen-bond donors (Lipinski definition) is 3. The van der Waals surface area contributed by atoms with Gasteiger partial charge in [-0.05, 0) is 48.5 Å². The highest BCUT2D eigenvalue weighted by atomic mass is 16.5. The van der Waals surface area contributed by atoms with Crippen LogP contribution in [0.5, 0.6) is 23.0 Å². The molecular formula is C27H25N3O6. The van der Waals surface area contributed by atoms with Crippen LogP contribution in [0.1, 0.15) is 16.8 Å². The summed E-state index contributed by atoms with van der Waals surface area (Å²) < 4.78 is 17.2. The molecule has 4 aromatic rings. The Labute approximate surface area is 207 Å². The van der Waals surface area contributed by atoms with Crippen molar-refractivity contribution in [3.05, 3.63) is 84.6 Å². The topological polar surface area (TPSA) is 133 Å². The van der Waals surface area contributed by atoms with E-state index < -0.39 is 12.0 Å². The molecule has 0 aliphatic rings. The molecule has 1 aromatic heterocycles. The van der Waals surface area contributed by atoms with Crippen LogP contribution < -0.4 is 25.3 Å². The molecule has 0 unspecified atom stereocenters. The Hall–Kier alpha value is -4.63. The first-order valence-corrected chi connectivity index (χ1v) is 11.2. The number of aromatic nitrogens is 1. The van der Waals surface area contributed by atoms with Gasteiger partial charge >= 0.3 is 5.97 Å². The smallest absolute Gasteiger partial charge is 0.320 e. The van der Waals surface area contributed by atoms with Gasteiger partial charge < -0.3 is 30.4 Å². The van der Waals surface area contributed by atoms with E-state index in [1.807, 2.05) is 18.2 Å². The molecule has 1 atom stereocenters. The van der Waals surface area contributed by atoms with E-state index in [2.05, 4.69) is 10.3 Å². The van der Waals surface area contributed by atoms with Gasteiger partial charge in [0.15, 0.2) is 11.5 Å². The summed E-state index contributed by atoms with van der Waals surface area (Å²) in [6.07, 6.45) is 1.76. The van der Waals surface area contributed by atoms with Gasteiger partial charge in [0.2, 0.25) is 0 Å². The van der Waals surface area contributed by atoms with Gasteiger partial charge in [0.25, 0.3) is 5.91 Å². The molecular weight excluding hydrogens is 462 g/mol. The minimum absolute atomic E-state index is 0.110. The predicted octanol–water partition coefficient (Wildman–Crippen LogP) is 4.47. The molecule has 3 aromatic carbocycles. The quantitative estimate of drug-likeness (QED) is 0.298. The second-order valence-electron chi connectivity index (χ2n) is 7.86. The van der Waals surface area contributed by atoms with Crippen molar-refractivity contribution < 1.29 is 28.9 Å². The lowest BCUT2D eigenvalue weighted by Gasteiger charge is -2.15. The van der Waals surface area contributed by atoms with E-state index in [4.69, 9.17) is 25.1 Å². The number of methoxy groups -OCH3 is 1. The van der Waals surface area contributed by atoms with Crippen molar-refractivity contribution >= 4 is 28.5 Å². The van der Waals surface area contributed by atoms with Crippen LogP contribution in [-0.4, -0.2) is 41.7 Å². The second kappa shape index (κ2) is 11.2. The normalized spacial score (nSPS) is 11.5. The van der Waals surface area contributed by atoms with Gasteiger partial charge in [0, 0.05) is 35.3 Å². The molecule has 9 nitrogen and oxygen atoms in total. The summed E-state index contributed by atoms with van der Waals surface area (Å²) in [5, 5.41) is 12.5. The number of nitrogens with two attached hydrogens (primary N) is 1. The monoisotopic (exact) mass is 487 g/mol. The third-order valence-corrected chi connectivity index (χ3v) is 5.37. The number of nitrogens with zero attached hydrogens (tertiary/aromatic N) is 1. The highest BCUT2D eigenvalue weighted by Crippen LogP contribution is 2.37. The molecule has 1 heterocycles. The lowest BCUT2D eigenvalue weighted by Crippen LogP contribution is -2.31. The number of pyridine rings is 1. The third-order valence-electron chi connectivity index (χ3n) is 5.37. The first-order valence-electron chi connectivity index (χ1n) is 11.2. The Morgan fingerprint density at radius 2 is 1.75 bits per heavy atom. The summed E-state index contributed by atoms with van der Waals surface area (Å²) in [6.45, 7) is 0.110. The molecule has 36 heavy (non-hydrogen) atoms.